The number of hydrogen-bond donors (Lipinski definition) is 6. The summed E-state index contributed by atoms with van der Waals surface area (Å²) in [5.74, 6) is -6.62. The predicted molar refractivity (Wildman–Crippen MR) is 78.8 cm³/mol. The molecule has 2 amide bonds. The first-order valence-electron chi connectivity index (χ1n) is 6.98. The number of hydrogen-bond acceptors (Lipinski definition) is 6. The van der Waals surface area contributed by atoms with Gasteiger partial charge in [-0.2, -0.15) is 0 Å². The van der Waals surface area contributed by atoms with Crippen LogP contribution in [0.15, 0.2) is 0 Å². The van der Waals surface area contributed by atoms with E-state index in [1.165, 1.54) is 13.8 Å². The molecule has 0 aromatic carbocycles. The molecule has 0 saturated heterocycles. The third kappa shape index (κ3) is 7.54. The van der Waals surface area contributed by atoms with Crippen molar-refractivity contribution in [1.29, 1.82) is 0 Å². The Kier molecular flexibility index (Phi) is 8.39. The van der Waals surface area contributed by atoms with Crippen LogP contribution in [-0.2, 0) is 24.0 Å². The second-order valence-electron chi connectivity index (χ2n) is 5.43. The van der Waals surface area contributed by atoms with Crippen molar-refractivity contribution in [2.75, 3.05) is 0 Å². The highest BCUT2D eigenvalue weighted by atomic mass is 16.4. The van der Waals surface area contributed by atoms with Crippen LogP contribution in [0, 0.1) is 5.92 Å². The Labute approximate surface area is 137 Å². The van der Waals surface area contributed by atoms with E-state index in [1.54, 1.807) is 0 Å². The van der Waals surface area contributed by atoms with Crippen molar-refractivity contribution in [3.63, 3.8) is 0 Å². The lowest BCUT2D eigenvalue weighted by atomic mass is 10.0. The number of aliphatic carboxylic acids is 3. The van der Waals surface area contributed by atoms with E-state index < -0.39 is 66.6 Å². The number of nitrogens with one attached hydrogen (secondary N) is 2. The maximum absolute atomic E-state index is 12.1. The fourth-order valence-electron chi connectivity index (χ4n) is 1.71. The van der Waals surface area contributed by atoms with E-state index >= 15 is 0 Å². The average Bonchev–Trinajstić information content (AvgIpc) is 2.41. The molecule has 3 unspecified atom stereocenters. The Morgan fingerprint density at radius 1 is 0.875 bits per heavy atom. The number of nitrogens with two attached hydrogens (primary N) is 1. The van der Waals surface area contributed by atoms with Crippen molar-refractivity contribution in [3.8, 4) is 0 Å². The minimum absolute atomic E-state index is 0.484. The minimum Gasteiger partial charge on any atom is -0.481 e. The van der Waals surface area contributed by atoms with Crippen LogP contribution in [0.2, 0.25) is 0 Å². The van der Waals surface area contributed by atoms with Crippen molar-refractivity contribution in [1.82, 2.24) is 10.6 Å². The van der Waals surface area contributed by atoms with E-state index in [0.29, 0.717) is 0 Å². The standard InChI is InChI=1S/C13H21N3O8/c1-5(2)10(13(23)24)16-12(22)7(4-9(19)20)15-11(21)6(14)3-8(17)18/h5-7,10H,3-4,14H2,1-2H3,(H,15,21)(H,16,22)(H,17,18)(H,19,20)(H,23,24). The van der Waals surface area contributed by atoms with Gasteiger partial charge in [-0.1, -0.05) is 13.8 Å². The zero-order chi connectivity index (χ0) is 19.0. The molecule has 0 radical (unpaired) electrons. The van der Waals surface area contributed by atoms with Gasteiger partial charge < -0.3 is 31.7 Å². The summed E-state index contributed by atoms with van der Waals surface area (Å²) in [6.07, 6.45) is -1.53. The third-order valence-electron chi connectivity index (χ3n) is 2.97. The topological polar surface area (TPSA) is 196 Å². The number of carboxylic acid groups (broad SMARTS) is 3. The molecule has 0 fully saturated rings. The molecular formula is C13H21N3O8. The lowest BCUT2D eigenvalue weighted by molar-refractivity contribution is -0.145. The van der Waals surface area contributed by atoms with Crippen molar-refractivity contribution in [2.45, 2.75) is 44.8 Å². The van der Waals surface area contributed by atoms with Crippen molar-refractivity contribution < 1.29 is 39.3 Å². The molecule has 24 heavy (non-hydrogen) atoms. The smallest absolute Gasteiger partial charge is 0.326 e. The first-order chi connectivity index (χ1) is 11.0. The van der Waals surface area contributed by atoms with Crippen LogP contribution in [0.1, 0.15) is 26.7 Å². The van der Waals surface area contributed by atoms with Gasteiger partial charge in [0.15, 0.2) is 0 Å². The van der Waals surface area contributed by atoms with Crippen LogP contribution in [-0.4, -0.2) is 63.2 Å². The molecule has 7 N–H and O–H groups in total. The van der Waals surface area contributed by atoms with Crippen LogP contribution in [0.5, 0.6) is 0 Å². The Morgan fingerprint density at radius 3 is 1.75 bits per heavy atom. The number of carbonyl (C=O) groups is 5. The summed E-state index contributed by atoms with van der Waals surface area (Å²) in [4.78, 5) is 56.2. The van der Waals surface area contributed by atoms with Gasteiger partial charge in [0.2, 0.25) is 11.8 Å². The quantitative estimate of drug-likeness (QED) is 0.258. The molecule has 0 bridgehead atoms. The van der Waals surface area contributed by atoms with Gasteiger partial charge in [0.25, 0.3) is 0 Å². The molecule has 3 atom stereocenters. The van der Waals surface area contributed by atoms with Gasteiger partial charge in [-0.3, -0.25) is 19.2 Å². The number of carboxylic acids is 3. The summed E-state index contributed by atoms with van der Waals surface area (Å²) < 4.78 is 0. The molecule has 136 valence electrons. The molecule has 0 saturated carbocycles. The van der Waals surface area contributed by atoms with Crippen LogP contribution in [0.3, 0.4) is 0 Å². The Hall–Kier alpha value is -2.69. The summed E-state index contributed by atoms with van der Waals surface area (Å²) in [5.41, 5.74) is 5.33. The van der Waals surface area contributed by atoms with Gasteiger partial charge in [0.1, 0.15) is 12.1 Å². The van der Waals surface area contributed by atoms with Crippen LogP contribution in [0.4, 0.5) is 0 Å². The highest BCUT2D eigenvalue weighted by Crippen LogP contribution is 2.04. The van der Waals surface area contributed by atoms with E-state index in [9.17, 15) is 24.0 Å². The summed E-state index contributed by atoms with van der Waals surface area (Å²) in [5, 5.41) is 30.6. The third-order valence-corrected chi connectivity index (χ3v) is 2.97. The molecule has 0 heterocycles. The van der Waals surface area contributed by atoms with Gasteiger partial charge in [-0.25, -0.2) is 4.79 Å². The van der Waals surface area contributed by atoms with Crippen LogP contribution < -0.4 is 16.4 Å². The summed E-state index contributed by atoms with van der Waals surface area (Å²) in [7, 11) is 0. The van der Waals surface area contributed by atoms with Crippen LogP contribution >= 0.6 is 0 Å². The van der Waals surface area contributed by atoms with Crippen LogP contribution in [0.25, 0.3) is 0 Å². The van der Waals surface area contributed by atoms with Crippen molar-refractivity contribution in [3.05, 3.63) is 0 Å². The second kappa shape index (κ2) is 9.45. The fourth-order valence-corrected chi connectivity index (χ4v) is 1.71. The predicted octanol–water partition coefficient (Wildman–Crippen LogP) is -2.03. The normalized spacial score (nSPS) is 14.3. The Morgan fingerprint density at radius 2 is 1.38 bits per heavy atom. The zero-order valence-corrected chi connectivity index (χ0v) is 13.2. The van der Waals surface area contributed by atoms with Crippen molar-refractivity contribution in [2.24, 2.45) is 11.7 Å². The van der Waals surface area contributed by atoms with E-state index in [-0.39, 0.29) is 0 Å². The molecule has 0 rings (SSSR count). The zero-order valence-electron chi connectivity index (χ0n) is 13.2. The summed E-state index contributed by atoms with van der Waals surface area (Å²) in [6, 6.07) is -4.35. The number of amides is 2. The average molecular weight is 347 g/mol. The lowest BCUT2D eigenvalue weighted by Crippen LogP contribution is -2.56. The molecule has 11 nitrogen and oxygen atoms in total. The van der Waals surface area contributed by atoms with Gasteiger partial charge >= 0.3 is 17.9 Å². The molecule has 0 aliphatic carbocycles. The maximum Gasteiger partial charge on any atom is 0.326 e. The summed E-state index contributed by atoms with van der Waals surface area (Å²) in [6.45, 7) is 3.07. The second-order valence-corrected chi connectivity index (χ2v) is 5.43. The SMILES string of the molecule is CC(C)C(NC(=O)C(CC(=O)O)NC(=O)C(N)CC(=O)O)C(=O)O. The maximum atomic E-state index is 12.1. The molecule has 0 aromatic heterocycles. The highest BCUT2D eigenvalue weighted by Gasteiger charge is 2.31. The molecule has 0 spiro atoms. The van der Waals surface area contributed by atoms with E-state index in [1.807, 2.05) is 5.32 Å². The van der Waals surface area contributed by atoms with Gasteiger partial charge in [-0.15, -0.1) is 0 Å². The monoisotopic (exact) mass is 347 g/mol. The number of carbonyl (C=O) groups excluding carboxylic acids is 2. The van der Waals surface area contributed by atoms with Gasteiger partial charge in [0, 0.05) is 0 Å². The lowest BCUT2D eigenvalue weighted by Gasteiger charge is -2.23. The number of rotatable bonds is 10. The minimum atomic E-state index is -1.59. The van der Waals surface area contributed by atoms with E-state index in [2.05, 4.69) is 5.32 Å². The summed E-state index contributed by atoms with van der Waals surface area (Å²) >= 11 is 0. The first-order valence-corrected chi connectivity index (χ1v) is 6.98. The largest absolute Gasteiger partial charge is 0.481 e. The molecule has 0 aliphatic heterocycles. The molecule has 0 aliphatic rings. The van der Waals surface area contributed by atoms with Gasteiger partial charge in [0.05, 0.1) is 18.9 Å². The fraction of sp³-hybridized carbons (Fsp3) is 0.615. The first kappa shape index (κ1) is 21.3. The van der Waals surface area contributed by atoms with E-state index in [0.717, 1.165) is 0 Å². The highest BCUT2D eigenvalue weighted by molar-refractivity contribution is 5.94. The van der Waals surface area contributed by atoms with E-state index in [4.69, 9.17) is 21.1 Å². The van der Waals surface area contributed by atoms with Gasteiger partial charge in [-0.05, 0) is 5.92 Å². The molecule has 11 heteroatoms. The Bertz CT molecular complexity index is 519. The van der Waals surface area contributed by atoms with Crippen molar-refractivity contribution >= 4 is 29.7 Å². The molecule has 0 aromatic rings. The molecular weight excluding hydrogens is 326 g/mol. The Balaban J connectivity index is 5.08.